The zero-order valence-corrected chi connectivity index (χ0v) is 13.1. The summed E-state index contributed by atoms with van der Waals surface area (Å²) in [4.78, 5) is 6.99. The minimum absolute atomic E-state index is 0. The maximum Gasteiger partial charge on any atom is 1.00 e. The van der Waals surface area contributed by atoms with Gasteiger partial charge in [0.15, 0.2) is 0 Å². The van der Waals surface area contributed by atoms with E-state index in [2.05, 4.69) is 56.8 Å². The number of hydrogen-bond donors (Lipinski definition) is 0. The molecule has 3 nitrogen and oxygen atoms in total. The second-order valence-corrected chi connectivity index (χ2v) is 4.96. The first kappa shape index (κ1) is 19.3. The van der Waals surface area contributed by atoms with Crippen LogP contribution in [0.3, 0.4) is 0 Å². The van der Waals surface area contributed by atoms with Crippen molar-refractivity contribution in [1.82, 2.24) is 4.90 Å². The third kappa shape index (κ3) is 10.8. The summed E-state index contributed by atoms with van der Waals surface area (Å²) in [6.07, 6.45) is 0.926. The van der Waals surface area contributed by atoms with Crippen LogP contribution in [0.25, 0.3) is 5.32 Å². The van der Waals surface area contributed by atoms with Crippen LogP contribution >= 0.6 is 0 Å². The van der Waals surface area contributed by atoms with Gasteiger partial charge in [0.1, 0.15) is 0 Å². The van der Waals surface area contributed by atoms with Crippen molar-refractivity contribution in [3.05, 3.63) is 5.32 Å². The molecule has 0 aliphatic heterocycles. The maximum absolute atomic E-state index is 4.61. The fourth-order valence-corrected chi connectivity index (χ4v) is 1.47. The molecule has 0 spiro atoms. The second kappa shape index (κ2) is 9.93. The van der Waals surface area contributed by atoms with E-state index in [-0.39, 0.29) is 22.6 Å². The molecule has 0 aromatic carbocycles. The van der Waals surface area contributed by atoms with Crippen molar-refractivity contribution in [2.24, 2.45) is 4.99 Å². The van der Waals surface area contributed by atoms with E-state index in [1.807, 2.05) is 0 Å². The summed E-state index contributed by atoms with van der Waals surface area (Å²) in [7, 11) is 0. The van der Waals surface area contributed by atoms with Gasteiger partial charge in [0.25, 0.3) is 0 Å². The van der Waals surface area contributed by atoms with E-state index in [1.54, 1.807) is 0 Å². The van der Waals surface area contributed by atoms with Crippen LogP contribution in [0, 0.1) is 0 Å². The van der Waals surface area contributed by atoms with E-state index in [0.717, 1.165) is 38.4 Å². The van der Waals surface area contributed by atoms with Gasteiger partial charge in [0.2, 0.25) is 0 Å². The molecule has 0 saturated carbocycles. The summed E-state index contributed by atoms with van der Waals surface area (Å²) in [5.41, 5.74) is -0.00988. The Labute approximate surface area is 118 Å². The van der Waals surface area contributed by atoms with Crippen LogP contribution < -0.4 is 0 Å². The van der Waals surface area contributed by atoms with Gasteiger partial charge in [-0.2, -0.15) is 0 Å². The number of likely N-dealkylation sites (N-methyl/N-ethyl adjacent to an activating group) is 1. The first-order chi connectivity index (χ1) is 7.42. The van der Waals surface area contributed by atoms with Gasteiger partial charge in [-0.25, -0.2) is 0 Å². The Balaban J connectivity index is 0. The molecule has 0 aliphatic rings. The summed E-state index contributed by atoms with van der Waals surface area (Å²) in [6.45, 7) is 16.9. The predicted molar refractivity (Wildman–Crippen MR) is 73.5 cm³/mol. The van der Waals surface area contributed by atoms with Crippen molar-refractivity contribution >= 4 is 5.84 Å². The van der Waals surface area contributed by atoms with E-state index in [4.69, 9.17) is 0 Å². The third-order valence-electron chi connectivity index (χ3n) is 2.39. The summed E-state index contributed by atoms with van der Waals surface area (Å²) in [5, 5.41) is 4.57. The van der Waals surface area contributed by atoms with Crippen LogP contribution in [0.5, 0.6) is 0 Å². The van der Waals surface area contributed by atoms with Gasteiger partial charge < -0.3 is 15.2 Å². The predicted octanol–water partition coefficient (Wildman–Crippen LogP) is 3.31. The van der Waals surface area contributed by atoms with Gasteiger partial charge in [-0.15, -0.1) is 0 Å². The van der Waals surface area contributed by atoms with Gasteiger partial charge in [-0.05, 0) is 38.1 Å². The Morgan fingerprint density at radius 3 is 2.00 bits per heavy atom. The Hall–Kier alpha value is -0.0505. The summed E-state index contributed by atoms with van der Waals surface area (Å²) < 4.78 is 0. The van der Waals surface area contributed by atoms with Crippen molar-refractivity contribution in [3.8, 4) is 0 Å². The molecule has 0 aromatic heterocycles. The molecular formula is C13H28CuN3. The number of hydrogen-bond acceptors (Lipinski definition) is 2. The number of aliphatic imine (C=N–C) groups is 1. The molecule has 0 amide bonds. The summed E-state index contributed by atoms with van der Waals surface area (Å²) in [5.74, 6) is 1.000. The molecule has 17 heavy (non-hydrogen) atoms. The minimum atomic E-state index is -0.00988. The molecule has 0 rings (SSSR count). The van der Waals surface area contributed by atoms with Crippen molar-refractivity contribution < 1.29 is 17.1 Å². The Morgan fingerprint density at radius 1 is 1.12 bits per heavy atom. The molecule has 0 radical (unpaired) electrons. The van der Waals surface area contributed by atoms with Crippen LogP contribution in [0.2, 0.25) is 0 Å². The summed E-state index contributed by atoms with van der Waals surface area (Å²) >= 11 is 0. The van der Waals surface area contributed by atoms with Crippen LogP contribution in [0.15, 0.2) is 4.99 Å². The molecule has 0 heterocycles. The van der Waals surface area contributed by atoms with E-state index >= 15 is 0 Å². The van der Waals surface area contributed by atoms with E-state index < -0.39 is 0 Å². The quantitative estimate of drug-likeness (QED) is 0.419. The monoisotopic (exact) mass is 289 g/mol. The SMILES string of the molecule is CCC(=NC(C)(C)C)[N-]CCN(CC)CC.[Cu+]. The molecule has 0 N–H and O–H groups in total. The molecule has 0 aromatic rings. The molecule has 0 aliphatic carbocycles. The Morgan fingerprint density at radius 2 is 1.65 bits per heavy atom. The largest absolute Gasteiger partial charge is 1.00 e. The molecule has 0 fully saturated rings. The molecule has 0 unspecified atom stereocenters. The van der Waals surface area contributed by atoms with Crippen molar-refractivity contribution in [2.75, 3.05) is 26.2 Å². The van der Waals surface area contributed by atoms with E-state index in [9.17, 15) is 0 Å². The van der Waals surface area contributed by atoms with Gasteiger partial charge >= 0.3 is 17.1 Å². The van der Waals surface area contributed by atoms with Gasteiger partial charge in [-0.3, -0.25) is 0 Å². The first-order valence-electron chi connectivity index (χ1n) is 6.41. The van der Waals surface area contributed by atoms with Crippen LogP contribution in [0.4, 0.5) is 0 Å². The third-order valence-corrected chi connectivity index (χ3v) is 2.39. The first-order valence-corrected chi connectivity index (χ1v) is 6.41. The maximum atomic E-state index is 4.61. The fraction of sp³-hybridized carbons (Fsp3) is 0.923. The van der Waals surface area contributed by atoms with Gasteiger partial charge in [-0.1, -0.05) is 47.4 Å². The second-order valence-electron chi connectivity index (χ2n) is 4.96. The van der Waals surface area contributed by atoms with E-state index in [0.29, 0.717) is 0 Å². The van der Waals surface area contributed by atoms with Gasteiger partial charge in [0.05, 0.1) is 0 Å². The molecule has 0 atom stereocenters. The average Bonchev–Trinajstić information content (AvgIpc) is 2.21. The van der Waals surface area contributed by atoms with Gasteiger partial charge in [0, 0.05) is 0 Å². The normalized spacial score (nSPS) is 12.5. The molecule has 4 heteroatoms. The number of amidine groups is 1. The van der Waals surface area contributed by atoms with Crippen molar-refractivity contribution in [2.45, 2.75) is 53.5 Å². The fourth-order valence-electron chi connectivity index (χ4n) is 1.47. The number of nitrogens with zero attached hydrogens (tertiary/aromatic N) is 3. The summed E-state index contributed by atoms with van der Waals surface area (Å²) in [6, 6.07) is 0. The standard InChI is InChI=1S/C13H28N3.Cu/c1-7-12(15-13(4,5)6)14-10-11-16(8-2)9-3;/h7-11H2,1-6H3;/q-1;+1. The van der Waals surface area contributed by atoms with Crippen LogP contribution in [-0.2, 0) is 17.1 Å². The zero-order valence-electron chi connectivity index (χ0n) is 12.2. The van der Waals surface area contributed by atoms with Crippen LogP contribution in [-0.4, -0.2) is 42.5 Å². The molecule has 106 valence electrons. The van der Waals surface area contributed by atoms with Crippen LogP contribution in [0.1, 0.15) is 48.0 Å². The Kier molecular flexibility index (Phi) is 11.3. The molecular weight excluding hydrogens is 262 g/mol. The molecule has 0 saturated heterocycles. The van der Waals surface area contributed by atoms with Crippen molar-refractivity contribution in [3.63, 3.8) is 0 Å². The van der Waals surface area contributed by atoms with Crippen molar-refractivity contribution in [1.29, 1.82) is 0 Å². The minimum Gasteiger partial charge on any atom is -0.468 e. The van der Waals surface area contributed by atoms with E-state index in [1.165, 1.54) is 0 Å². The Bertz CT molecular complexity index is 205. The topological polar surface area (TPSA) is 29.7 Å². The zero-order chi connectivity index (χ0) is 12.6. The smallest absolute Gasteiger partial charge is 0.468 e. The molecule has 0 bridgehead atoms. The number of rotatable bonds is 6. The average molecular weight is 290 g/mol.